The van der Waals surface area contributed by atoms with Gasteiger partial charge in [-0.25, -0.2) is 0 Å². The minimum Gasteiger partial charge on any atom is -0.463 e. The van der Waals surface area contributed by atoms with Crippen LogP contribution in [0.15, 0.2) is 30.3 Å². The van der Waals surface area contributed by atoms with Gasteiger partial charge in [0.15, 0.2) is 0 Å². The lowest BCUT2D eigenvalue weighted by molar-refractivity contribution is -0.148. The number of nitrogens with two attached hydrogens (primary N) is 1. The van der Waals surface area contributed by atoms with E-state index in [0.717, 1.165) is 5.56 Å². The monoisotopic (exact) mass is 306 g/mol. The van der Waals surface area contributed by atoms with Gasteiger partial charge >= 0.3 is 5.97 Å². The Hall–Kier alpha value is -1.88. The van der Waals surface area contributed by atoms with Gasteiger partial charge in [-0.15, -0.1) is 0 Å². The number of esters is 1. The Morgan fingerprint density at radius 1 is 1.18 bits per heavy atom. The smallest absolute Gasteiger partial charge is 0.308 e. The maximum atomic E-state index is 12.0. The molecule has 0 spiro atoms. The third-order valence-corrected chi connectivity index (χ3v) is 3.10. The standard InChI is InChI=1S/C17H26N2O3/c1-12(2)22-17(21)11-15(14-7-5-4-6-8-14)19-16(20)10-9-13(3)18/h4-8,12-13,15H,9-11,18H2,1-3H3,(H,19,20). The second kappa shape index (κ2) is 9.20. The molecule has 1 rings (SSSR count). The highest BCUT2D eigenvalue weighted by atomic mass is 16.5. The fraction of sp³-hybridized carbons (Fsp3) is 0.529. The van der Waals surface area contributed by atoms with E-state index in [1.165, 1.54) is 0 Å². The van der Waals surface area contributed by atoms with Gasteiger partial charge in [0.25, 0.3) is 0 Å². The van der Waals surface area contributed by atoms with Gasteiger partial charge in [0, 0.05) is 12.5 Å². The molecule has 122 valence electrons. The number of carbonyl (C=O) groups is 2. The van der Waals surface area contributed by atoms with Crippen molar-refractivity contribution in [1.29, 1.82) is 0 Å². The van der Waals surface area contributed by atoms with Crippen LogP contribution in [0.4, 0.5) is 0 Å². The van der Waals surface area contributed by atoms with Gasteiger partial charge in [-0.3, -0.25) is 9.59 Å². The molecule has 5 nitrogen and oxygen atoms in total. The van der Waals surface area contributed by atoms with Crippen molar-refractivity contribution in [2.45, 2.75) is 58.2 Å². The molecule has 0 heterocycles. The van der Waals surface area contributed by atoms with Crippen molar-refractivity contribution in [2.24, 2.45) is 5.73 Å². The maximum absolute atomic E-state index is 12.0. The van der Waals surface area contributed by atoms with E-state index in [1.807, 2.05) is 37.3 Å². The minimum atomic E-state index is -0.381. The van der Waals surface area contributed by atoms with E-state index >= 15 is 0 Å². The van der Waals surface area contributed by atoms with Crippen LogP contribution in [0.5, 0.6) is 0 Å². The van der Waals surface area contributed by atoms with Crippen LogP contribution in [0, 0.1) is 0 Å². The van der Waals surface area contributed by atoms with E-state index in [9.17, 15) is 9.59 Å². The Labute approximate surface area is 132 Å². The number of amides is 1. The summed E-state index contributed by atoms with van der Waals surface area (Å²) in [5.41, 5.74) is 6.55. The molecule has 2 atom stereocenters. The predicted molar refractivity (Wildman–Crippen MR) is 86.1 cm³/mol. The van der Waals surface area contributed by atoms with Gasteiger partial charge in [-0.1, -0.05) is 30.3 Å². The highest BCUT2D eigenvalue weighted by Gasteiger charge is 2.19. The summed E-state index contributed by atoms with van der Waals surface area (Å²) in [6.45, 7) is 5.47. The van der Waals surface area contributed by atoms with E-state index < -0.39 is 0 Å². The third kappa shape index (κ3) is 7.22. The van der Waals surface area contributed by atoms with Crippen LogP contribution in [-0.4, -0.2) is 24.0 Å². The number of ether oxygens (including phenoxy) is 1. The highest BCUT2D eigenvalue weighted by molar-refractivity contribution is 5.78. The summed E-state index contributed by atoms with van der Waals surface area (Å²) in [6, 6.07) is 9.03. The Balaban J connectivity index is 2.70. The molecule has 1 aromatic carbocycles. The molecule has 0 aliphatic rings. The van der Waals surface area contributed by atoms with Crippen molar-refractivity contribution in [3.05, 3.63) is 35.9 Å². The molecule has 1 aromatic rings. The van der Waals surface area contributed by atoms with Gasteiger partial charge in [-0.2, -0.15) is 0 Å². The third-order valence-electron chi connectivity index (χ3n) is 3.10. The quantitative estimate of drug-likeness (QED) is 0.722. The molecule has 0 bridgehead atoms. The topological polar surface area (TPSA) is 81.4 Å². The van der Waals surface area contributed by atoms with E-state index in [2.05, 4.69) is 5.32 Å². The van der Waals surface area contributed by atoms with Crippen molar-refractivity contribution < 1.29 is 14.3 Å². The molecule has 5 heteroatoms. The Morgan fingerprint density at radius 3 is 2.36 bits per heavy atom. The molecule has 0 radical (unpaired) electrons. The Bertz CT molecular complexity index is 472. The first-order chi connectivity index (χ1) is 10.4. The fourth-order valence-electron chi connectivity index (χ4n) is 2.04. The average molecular weight is 306 g/mol. The van der Waals surface area contributed by atoms with Crippen molar-refractivity contribution >= 4 is 11.9 Å². The summed E-state index contributed by atoms with van der Waals surface area (Å²) < 4.78 is 5.17. The first-order valence-electron chi connectivity index (χ1n) is 7.68. The summed E-state index contributed by atoms with van der Waals surface area (Å²) in [4.78, 5) is 23.9. The lowest BCUT2D eigenvalue weighted by Gasteiger charge is -2.19. The summed E-state index contributed by atoms with van der Waals surface area (Å²) in [6.07, 6.45) is 0.911. The van der Waals surface area contributed by atoms with Crippen LogP contribution >= 0.6 is 0 Å². The largest absolute Gasteiger partial charge is 0.463 e. The lowest BCUT2D eigenvalue weighted by Crippen LogP contribution is -2.32. The zero-order valence-corrected chi connectivity index (χ0v) is 13.5. The van der Waals surface area contributed by atoms with Crippen LogP contribution in [0.3, 0.4) is 0 Å². The highest BCUT2D eigenvalue weighted by Crippen LogP contribution is 2.18. The summed E-state index contributed by atoms with van der Waals surface area (Å²) in [5.74, 6) is -0.431. The molecule has 0 aromatic heterocycles. The van der Waals surface area contributed by atoms with Crippen LogP contribution in [0.25, 0.3) is 0 Å². The molecule has 3 N–H and O–H groups in total. The molecule has 0 aliphatic heterocycles. The SMILES string of the molecule is CC(N)CCC(=O)NC(CC(=O)OC(C)C)c1ccccc1. The molecule has 0 saturated heterocycles. The summed E-state index contributed by atoms with van der Waals surface area (Å²) in [5, 5.41) is 2.90. The molecule has 0 fully saturated rings. The minimum absolute atomic E-state index is 0.0215. The zero-order valence-electron chi connectivity index (χ0n) is 13.5. The molecular formula is C17H26N2O3. The van der Waals surface area contributed by atoms with E-state index in [4.69, 9.17) is 10.5 Å². The van der Waals surface area contributed by atoms with Crippen molar-refractivity contribution in [3.63, 3.8) is 0 Å². The zero-order chi connectivity index (χ0) is 16.5. The Morgan fingerprint density at radius 2 is 1.82 bits per heavy atom. The molecule has 2 unspecified atom stereocenters. The van der Waals surface area contributed by atoms with Crippen LogP contribution in [-0.2, 0) is 14.3 Å². The first kappa shape index (κ1) is 18.2. The number of hydrogen-bond acceptors (Lipinski definition) is 4. The molecular weight excluding hydrogens is 280 g/mol. The number of carbonyl (C=O) groups excluding carboxylic acids is 2. The van der Waals surface area contributed by atoms with Crippen molar-refractivity contribution in [1.82, 2.24) is 5.32 Å². The summed E-state index contributed by atoms with van der Waals surface area (Å²) in [7, 11) is 0. The van der Waals surface area contributed by atoms with Crippen LogP contribution < -0.4 is 11.1 Å². The molecule has 0 saturated carbocycles. The maximum Gasteiger partial charge on any atom is 0.308 e. The molecule has 22 heavy (non-hydrogen) atoms. The number of rotatable bonds is 8. The number of nitrogens with one attached hydrogen (secondary N) is 1. The normalized spacial score (nSPS) is 13.5. The van der Waals surface area contributed by atoms with Gasteiger partial charge in [0.1, 0.15) is 0 Å². The second-order valence-electron chi connectivity index (χ2n) is 5.79. The van der Waals surface area contributed by atoms with Gasteiger partial charge < -0.3 is 15.8 Å². The van der Waals surface area contributed by atoms with E-state index in [0.29, 0.717) is 12.8 Å². The second-order valence-corrected chi connectivity index (χ2v) is 5.79. The molecule has 0 aliphatic carbocycles. The predicted octanol–water partition coefficient (Wildman–Crippen LogP) is 2.31. The number of hydrogen-bond donors (Lipinski definition) is 2. The number of benzene rings is 1. The van der Waals surface area contributed by atoms with E-state index in [-0.39, 0.29) is 36.5 Å². The van der Waals surface area contributed by atoms with Crippen LogP contribution in [0.1, 0.15) is 51.6 Å². The summed E-state index contributed by atoms with van der Waals surface area (Å²) >= 11 is 0. The Kier molecular flexibility index (Phi) is 7.60. The average Bonchev–Trinajstić information content (AvgIpc) is 2.44. The fourth-order valence-corrected chi connectivity index (χ4v) is 2.04. The van der Waals surface area contributed by atoms with Gasteiger partial charge in [0.05, 0.1) is 18.6 Å². The first-order valence-corrected chi connectivity index (χ1v) is 7.68. The van der Waals surface area contributed by atoms with Crippen molar-refractivity contribution in [3.8, 4) is 0 Å². The van der Waals surface area contributed by atoms with Crippen molar-refractivity contribution in [2.75, 3.05) is 0 Å². The van der Waals surface area contributed by atoms with Crippen LogP contribution in [0.2, 0.25) is 0 Å². The van der Waals surface area contributed by atoms with Gasteiger partial charge in [-0.05, 0) is 32.8 Å². The van der Waals surface area contributed by atoms with Gasteiger partial charge in [0.2, 0.25) is 5.91 Å². The molecule has 1 amide bonds. The van der Waals surface area contributed by atoms with E-state index in [1.54, 1.807) is 13.8 Å². The lowest BCUT2D eigenvalue weighted by atomic mass is 10.0.